The lowest BCUT2D eigenvalue weighted by Crippen LogP contribution is -2.29. The smallest absolute Gasteiger partial charge is 0.300 e. The first kappa shape index (κ1) is 19.1. The Morgan fingerprint density at radius 1 is 0.767 bits per heavy atom. The number of Topliss-reactive ketones (excluding diaryl/α,β-unsaturated/α-hetero) is 1. The first-order chi connectivity index (χ1) is 14.4. The molecule has 0 bridgehead atoms. The molecule has 7 heteroatoms. The zero-order valence-corrected chi connectivity index (χ0v) is 15.6. The van der Waals surface area contributed by atoms with Crippen molar-refractivity contribution in [2.75, 3.05) is 4.90 Å². The van der Waals surface area contributed by atoms with Gasteiger partial charge in [0.05, 0.1) is 11.6 Å². The van der Waals surface area contributed by atoms with Gasteiger partial charge in [-0.05, 0) is 66.2 Å². The highest BCUT2D eigenvalue weighted by Gasteiger charge is 2.47. The summed E-state index contributed by atoms with van der Waals surface area (Å²) in [4.78, 5) is 27.1. The second-order valence-corrected chi connectivity index (χ2v) is 6.83. The minimum atomic E-state index is -1.00. The molecule has 4 rings (SSSR count). The molecular weight excluding hydrogens is 386 g/mol. The fraction of sp³-hybridized carbons (Fsp3) is 0.0435. The Balaban J connectivity index is 1.95. The van der Waals surface area contributed by atoms with Crippen LogP contribution in [0.2, 0.25) is 0 Å². The van der Waals surface area contributed by atoms with Crippen LogP contribution in [0, 0.1) is 0 Å². The second-order valence-electron chi connectivity index (χ2n) is 6.83. The molecule has 0 spiro atoms. The Morgan fingerprint density at radius 2 is 1.37 bits per heavy atom. The van der Waals surface area contributed by atoms with E-state index in [1.807, 2.05) is 0 Å². The number of hydrogen-bond acceptors (Lipinski definition) is 6. The summed E-state index contributed by atoms with van der Waals surface area (Å²) in [5.74, 6) is -2.22. The number of carbonyl (C=O) groups excluding carboxylic acids is 2. The average Bonchev–Trinajstić information content (AvgIpc) is 3.00. The largest absolute Gasteiger partial charge is 0.508 e. The number of phenols is 3. The number of hydrogen-bond donors (Lipinski definition) is 4. The zero-order valence-electron chi connectivity index (χ0n) is 15.6. The highest BCUT2D eigenvalue weighted by atomic mass is 16.3. The number of carbonyl (C=O) groups is 2. The number of anilines is 1. The predicted octanol–water partition coefficient (Wildman–Crippen LogP) is 3.43. The topological polar surface area (TPSA) is 118 Å². The summed E-state index contributed by atoms with van der Waals surface area (Å²) in [6, 6.07) is 16.4. The summed E-state index contributed by atoms with van der Waals surface area (Å²) >= 11 is 0. The Bertz CT molecular complexity index is 1170. The summed E-state index contributed by atoms with van der Waals surface area (Å²) in [6.45, 7) is 0. The lowest BCUT2D eigenvalue weighted by molar-refractivity contribution is -0.132. The van der Waals surface area contributed by atoms with Gasteiger partial charge in [0.15, 0.2) is 0 Å². The van der Waals surface area contributed by atoms with Crippen molar-refractivity contribution in [1.29, 1.82) is 0 Å². The molecule has 150 valence electrons. The van der Waals surface area contributed by atoms with Crippen LogP contribution in [-0.4, -0.2) is 32.1 Å². The van der Waals surface area contributed by atoms with Gasteiger partial charge in [-0.1, -0.05) is 12.1 Å². The number of nitrogens with zero attached hydrogens (tertiary/aromatic N) is 1. The number of ketones is 1. The van der Waals surface area contributed by atoms with Crippen molar-refractivity contribution in [3.05, 3.63) is 89.5 Å². The maximum Gasteiger partial charge on any atom is 0.300 e. The van der Waals surface area contributed by atoms with Crippen LogP contribution in [0.1, 0.15) is 17.2 Å². The van der Waals surface area contributed by atoms with E-state index in [-0.39, 0.29) is 28.4 Å². The molecule has 1 atom stereocenters. The van der Waals surface area contributed by atoms with Crippen LogP contribution in [0.3, 0.4) is 0 Å². The van der Waals surface area contributed by atoms with Gasteiger partial charge in [-0.15, -0.1) is 0 Å². The number of rotatable bonds is 3. The predicted molar refractivity (Wildman–Crippen MR) is 109 cm³/mol. The molecule has 7 nitrogen and oxygen atoms in total. The molecule has 1 aliphatic rings. The molecule has 1 aliphatic heterocycles. The fourth-order valence-corrected chi connectivity index (χ4v) is 3.50. The van der Waals surface area contributed by atoms with E-state index in [1.165, 1.54) is 65.6 Å². The highest BCUT2D eigenvalue weighted by Crippen LogP contribution is 2.43. The molecular formula is C23H17NO6. The third-order valence-corrected chi connectivity index (χ3v) is 4.90. The molecule has 1 fully saturated rings. The van der Waals surface area contributed by atoms with E-state index in [2.05, 4.69) is 0 Å². The van der Waals surface area contributed by atoms with Crippen LogP contribution in [0.25, 0.3) is 5.76 Å². The Labute approximate surface area is 171 Å². The average molecular weight is 403 g/mol. The normalized spacial score (nSPS) is 18.0. The van der Waals surface area contributed by atoms with Gasteiger partial charge < -0.3 is 20.4 Å². The molecule has 1 saturated heterocycles. The third kappa shape index (κ3) is 3.22. The standard InChI is InChI=1S/C23H17NO6/c25-16-8-4-13(5-9-16)21(28)19-20(14-2-1-3-18(27)12-14)24(23(30)22(19)29)15-6-10-17(26)11-7-15/h1-12,20,25-28H/b21-19+. The molecule has 1 amide bonds. The van der Waals surface area contributed by atoms with E-state index in [4.69, 9.17) is 0 Å². The first-order valence-electron chi connectivity index (χ1n) is 9.05. The van der Waals surface area contributed by atoms with Crippen LogP contribution in [0.4, 0.5) is 5.69 Å². The van der Waals surface area contributed by atoms with E-state index in [9.17, 15) is 30.0 Å². The van der Waals surface area contributed by atoms with E-state index in [1.54, 1.807) is 12.1 Å². The van der Waals surface area contributed by atoms with Gasteiger partial charge in [0.2, 0.25) is 0 Å². The van der Waals surface area contributed by atoms with Crippen LogP contribution in [-0.2, 0) is 9.59 Å². The number of phenolic OH excluding ortho intramolecular Hbond substituents is 3. The molecule has 3 aromatic rings. The monoisotopic (exact) mass is 403 g/mol. The quantitative estimate of drug-likeness (QED) is 0.302. The van der Waals surface area contributed by atoms with Crippen LogP contribution in [0.15, 0.2) is 78.4 Å². The number of benzene rings is 3. The van der Waals surface area contributed by atoms with E-state index < -0.39 is 23.5 Å². The van der Waals surface area contributed by atoms with Gasteiger partial charge in [0.25, 0.3) is 11.7 Å². The highest BCUT2D eigenvalue weighted by molar-refractivity contribution is 6.51. The Morgan fingerprint density at radius 3 is 1.97 bits per heavy atom. The van der Waals surface area contributed by atoms with Crippen molar-refractivity contribution >= 4 is 23.1 Å². The molecule has 3 aromatic carbocycles. The Hall–Kier alpha value is -4.26. The summed E-state index contributed by atoms with van der Waals surface area (Å²) in [6.07, 6.45) is 0. The lowest BCUT2D eigenvalue weighted by atomic mass is 9.95. The third-order valence-electron chi connectivity index (χ3n) is 4.90. The number of aliphatic hydroxyl groups excluding tert-OH is 1. The SMILES string of the molecule is O=C1C(=O)N(c2ccc(O)cc2)C(c2cccc(O)c2)/C1=C(\O)c1ccc(O)cc1. The minimum Gasteiger partial charge on any atom is -0.508 e. The number of amides is 1. The van der Waals surface area contributed by atoms with Gasteiger partial charge in [-0.25, -0.2) is 0 Å². The summed E-state index contributed by atoms with van der Waals surface area (Å²) in [5.41, 5.74) is 0.863. The maximum absolute atomic E-state index is 12.9. The van der Waals surface area contributed by atoms with E-state index >= 15 is 0 Å². The summed E-state index contributed by atoms with van der Waals surface area (Å²) < 4.78 is 0. The van der Waals surface area contributed by atoms with Crippen molar-refractivity contribution < 1.29 is 30.0 Å². The minimum absolute atomic E-state index is 0.00617. The molecule has 0 radical (unpaired) electrons. The van der Waals surface area contributed by atoms with Crippen molar-refractivity contribution in [3.8, 4) is 17.2 Å². The van der Waals surface area contributed by atoms with E-state index in [0.717, 1.165) is 0 Å². The van der Waals surface area contributed by atoms with Gasteiger partial charge in [0, 0.05) is 11.3 Å². The van der Waals surface area contributed by atoms with Crippen molar-refractivity contribution in [2.45, 2.75) is 6.04 Å². The van der Waals surface area contributed by atoms with Crippen LogP contribution in [0.5, 0.6) is 17.2 Å². The molecule has 0 aliphatic carbocycles. The van der Waals surface area contributed by atoms with Gasteiger partial charge in [-0.2, -0.15) is 0 Å². The summed E-state index contributed by atoms with van der Waals surface area (Å²) in [7, 11) is 0. The zero-order chi connectivity index (χ0) is 21.4. The molecule has 1 unspecified atom stereocenters. The Kier molecular flexibility index (Phi) is 4.63. The number of aliphatic hydroxyl groups is 1. The van der Waals surface area contributed by atoms with Gasteiger partial charge in [-0.3, -0.25) is 14.5 Å². The van der Waals surface area contributed by atoms with Crippen LogP contribution >= 0.6 is 0 Å². The fourth-order valence-electron chi connectivity index (χ4n) is 3.50. The first-order valence-corrected chi connectivity index (χ1v) is 9.05. The van der Waals surface area contributed by atoms with Crippen molar-refractivity contribution in [3.63, 3.8) is 0 Å². The molecule has 1 heterocycles. The molecule has 4 N–H and O–H groups in total. The maximum atomic E-state index is 12.9. The summed E-state index contributed by atoms with van der Waals surface area (Å²) in [5, 5.41) is 39.9. The van der Waals surface area contributed by atoms with Crippen molar-refractivity contribution in [2.24, 2.45) is 0 Å². The molecule has 30 heavy (non-hydrogen) atoms. The van der Waals surface area contributed by atoms with Gasteiger partial charge >= 0.3 is 0 Å². The van der Waals surface area contributed by atoms with Crippen LogP contribution < -0.4 is 4.90 Å². The molecule has 0 aromatic heterocycles. The second kappa shape index (κ2) is 7.29. The van der Waals surface area contributed by atoms with E-state index in [0.29, 0.717) is 11.3 Å². The number of aromatic hydroxyl groups is 3. The van der Waals surface area contributed by atoms with Crippen molar-refractivity contribution in [1.82, 2.24) is 0 Å². The van der Waals surface area contributed by atoms with Gasteiger partial charge in [0.1, 0.15) is 23.0 Å². The molecule has 0 saturated carbocycles. The lowest BCUT2D eigenvalue weighted by Gasteiger charge is -2.25.